The number of hydrogen-bond donors (Lipinski definition) is 1. The molecule has 16 heavy (non-hydrogen) atoms. The van der Waals surface area contributed by atoms with Gasteiger partial charge in [0.05, 0.1) is 0 Å². The first kappa shape index (κ1) is 12.7. The predicted octanol–water partition coefficient (Wildman–Crippen LogP) is 1.83. The highest BCUT2D eigenvalue weighted by Crippen LogP contribution is 2.04. The number of amides is 1. The molecule has 1 aromatic rings. The van der Waals surface area contributed by atoms with Gasteiger partial charge in [-0.15, -0.1) is 0 Å². The second kappa shape index (κ2) is 7.04. The molecule has 90 valence electrons. The smallest absolute Gasteiger partial charge is 0.222 e. The maximum Gasteiger partial charge on any atom is 0.222 e. The van der Waals surface area contributed by atoms with Crippen LogP contribution in [0.4, 0.5) is 0 Å². The molecular weight excluding hydrogens is 202 g/mol. The van der Waals surface area contributed by atoms with Gasteiger partial charge >= 0.3 is 0 Å². The molecule has 0 radical (unpaired) electrons. The van der Waals surface area contributed by atoms with E-state index in [0.717, 1.165) is 32.4 Å². The Morgan fingerprint density at radius 3 is 3.00 bits per heavy atom. The highest BCUT2D eigenvalue weighted by Gasteiger charge is 2.10. The Bertz CT molecular complexity index is 295. The summed E-state index contributed by atoms with van der Waals surface area (Å²) >= 11 is 0. The van der Waals surface area contributed by atoms with Crippen LogP contribution >= 0.6 is 0 Å². The molecule has 1 aromatic heterocycles. The molecule has 0 saturated carbocycles. The number of carbonyl (C=O) groups is 1. The molecule has 1 rings (SSSR count). The van der Waals surface area contributed by atoms with E-state index in [1.165, 1.54) is 0 Å². The van der Waals surface area contributed by atoms with Gasteiger partial charge in [-0.2, -0.15) is 5.10 Å². The van der Waals surface area contributed by atoms with Gasteiger partial charge in [0, 0.05) is 31.4 Å². The van der Waals surface area contributed by atoms with Gasteiger partial charge < -0.3 is 5.32 Å². The van der Waals surface area contributed by atoms with Gasteiger partial charge in [-0.25, -0.2) is 0 Å². The lowest BCUT2D eigenvalue weighted by Gasteiger charge is -2.10. The van der Waals surface area contributed by atoms with Crippen LogP contribution in [0.3, 0.4) is 0 Å². The van der Waals surface area contributed by atoms with Crippen molar-refractivity contribution in [3.05, 3.63) is 18.5 Å². The van der Waals surface area contributed by atoms with Crippen molar-refractivity contribution in [3.8, 4) is 0 Å². The van der Waals surface area contributed by atoms with E-state index in [-0.39, 0.29) is 11.8 Å². The summed E-state index contributed by atoms with van der Waals surface area (Å²) in [5.74, 6) is 0.303. The SMILES string of the molecule is CCCC(C)C(=O)NCCCn1cccn1. The monoisotopic (exact) mass is 223 g/mol. The zero-order valence-corrected chi connectivity index (χ0v) is 10.1. The Labute approximate surface area is 97.0 Å². The first-order chi connectivity index (χ1) is 7.74. The lowest BCUT2D eigenvalue weighted by atomic mass is 10.1. The number of nitrogens with one attached hydrogen (secondary N) is 1. The molecule has 0 fully saturated rings. The fourth-order valence-corrected chi connectivity index (χ4v) is 1.62. The third-order valence-electron chi connectivity index (χ3n) is 2.59. The Kier molecular flexibility index (Phi) is 5.61. The van der Waals surface area contributed by atoms with Crippen molar-refractivity contribution in [2.24, 2.45) is 5.92 Å². The minimum Gasteiger partial charge on any atom is -0.356 e. The first-order valence-corrected chi connectivity index (χ1v) is 5.99. The van der Waals surface area contributed by atoms with Crippen LogP contribution in [0.1, 0.15) is 33.1 Å². The zero-order valence-electron chi connectivity index (χ0n) is 10.1. The third-order valence-corrected chi connectivity index (χ3v) is 2.59. The van der Waals surface area contributed by atoms with Crippen LogP contribution in [0.5, 0.6) is 0 Å². The maximum atomic E-state index is 11.6. The largest absolute Gasteiger partial charge is 0.356 e. The van der Waals surface area contributed by atoms with Gasteiger partial charge in [-0.05, 0) is 18.9 Å². The van der Waals surface area contributed by atoms with Crippen LogP contribution in [0.15, 0.2) is 18.5 Å². The van der Waals surface area contributed by atoms with Crippen molar-refractivity contribution < 1.29 is 4.79 Å². The molecular formula is C12H21N3O. The molecule has 1 amide bonds. The average Bonchev–Trinajstić information content (AvgIpc) is 2.77. The summed E-state index contributed by atoms with van der Waals surface area (Å²) in [4.78, 5) is 11.6. The van der Waals surface area contributed by atoms with Crippen molar-refractivity contribution >= 4 is 5.91 Å². The van der Waals surface area contributed by atoms with Crippen molar-refractivity contribution in [2.75, 3.05) is 6.54 Å². The number of hydrogen-bond acceptors (Lipinski definition) is 2. The molecule has 0 aliphatic carbocycles. The minimum atomic E-state index is 0.134. The molecule has 4 heteroatoms. The Hall–Kier alpha value is -1.32. The molecule has 0 aliphatic rings. The van der Waals surface area contributed by atoms with E-state index in [2.05, 4.69) is 17.3 Å². The summed E-state index contributed by atoms with van der Waals surface area (Å²) in [6.07, 6.45) is 6.64. The maximum absolute atomic E-state index is 11.6. The van der Waals surface area contributed by atoms with E-state index >= 15 is 0 Å². The van der Waals surface area contributed by atoms with Crippen LogP contribution in [0.25, 0.3) is 0 Å². The van der Waals surface area contributed by atoms with Crippen LogP contribution in [0.2, 0.25) is 0 Å². The van der Waals surface area contributed by atoms with E-state index in [4.69, 9.17) is 0 Å². The molecule has 1 atom stereocenters. The third kappa shape index (κ3) is 4.47. The van der Waals surface area contributed by atoms with Crippen molar-refractivity contribution in [2.45, 2.75) is 39.7 Å². The highest BCUT2D eigenvalue weighted by atomic mass is 16.1. The summed E-state index contributed by atoms with van der Waals surface area (Å²) in [6, 6.07) is 1.90. The average molecular weight is 223 g/mol. The Balaban J connectivity index is 2.08. The molecule has 0 aliphatic heterocycles. The summed E-state index contributed by atoms with van der Waals surface area (Å²) in [5, 5.41) is 7.05. The van der Waals surface area contributed by atoms with E-state index in [1.807, 2.05) is 23.9 Å². The topological polar surface area (TPSA) is 46.9 Å². The lowest BCUT2D eigenvalue weighted by Crippen LogP contribution is -2.30. The van der Waals surface area contributed by atoms with Crippen LogP contribution in [0, 0.1) is 5.92 Å². The van der Waals surface area contributed by atoms with Gasteiger partial charge in [0.2, 0.25) is 5.91 Å². The van der Waals surface area contributed by atoms with Gasteiger partial charge in [-0.3, -0.25) is 9.48 Å². The molecule has 0 aromatic carbocycles. The number of carbonyl (C=O) groups excluding carboxylic acids is 1. The molecule has 1 heterocycles. The Morgan fingerprint density at radius 1 is 1.56 bits per heavy atom. The highest BCUT2D eigenvalue weighted by molar-refractivity contribution is 5.78. The number of aromatic nitrogens is 2. The van der Waals surface area contributed by atoms with Gasteiger partial charge in [0.1, 0.15) is 0 Å². The standard InChI is InChI=1S/C12H21N3O/c1-3-6-11(2)12(16)13-7-4-9-15-10-5-8-14-15/h5,8,10-11H,3-4,6-7,9H2,1-2H3,(H,13,16). The molecule has 1 unspecified atom stereocenters. The second-order valence-corrected chi connectivity index (χ2v) is 4.10. The van der Waals surface area contributed by atoms with Crippen LogP contribution in [-0.4, -0.2) is 22.2 Å². The van der Waals surface area contributed by atoms with Gasteiger partial charge in [0.25, 0.3) is 0 Å². The molecule has 4 nitrogen and oxygen atoms in total. The molecule has 0 spiro atoms. The molecule has 1 N–H and O–H groups in total. The normalized spacial score (nSPS) is 12.4. The molecule has 0 bridgehead atoms. The van der Waals surface area contributed by atoms with Crippen molar-refractivity contribution in [1.29, 1.82) is 0 Å². The van der Waals surface area contributed by atoms with Crippen molar-refractivity contribution in [3.63, 3.8) is 0 Å². The number of nitrogens with zero attached hydrogens (tertiary/aromatic N) is 2. The first-order valence-electron chi connectivity index (χ1n) is 5.99. The van der Waals surface area contributed by atoms with Gasteiger partial charge in [0.15, 0.2) is 0 Å². The zero-order chi connectivity index (χ0) is 11.8. The summed E-state index contributed by atoms with van der Waals surface area (Å²) < 4.78 is 1.88. The number of rotatable bonds is 7. The number of aryl methyl sites for hydroxylation is 1. The van der Waals surface area contributed by atoms with Crippen LogP contribution < -0.4 is 5.32 Å². The fourth-order valence-electron chi connectivity index (χ4n) is 1.62. The second-order valence-electron chi connectivity index (χ2n) is 4.10. The van der Waals surface area contributed by atoms with Gasteiger partial charge in [-0.1, -0.05) is 20.3 Å². The quantitative estimate of drug-likeness (QED) is 0.717. The Morgan fingerprint density at radius 2 is 2.38 bits per heavy atom. The predicted molar refractivity (Wildman–Crippen MR) is 63.9 cm³/mol. The fraction of sp³-hybridized carbons (Fsp3) is 0.667. The van der Waals surface area contributed by atoms with E-state index in [1.54, 1.807) is 6.20 Å². The summed E-state index contributed by atoms with van der Waals surface area (Å²) in [5.41, 5.74) is 0. The summed E-state index contributed by atoms with van der Waals surface area (Å²) in [7, 11) is 0. The van der Waals surface area contributed by atoms with E-state index in [9.17, 15) is 4.79 Å². The van der Waals surface area contributed by atoms with E-state index in [0.29, 0.717) is 0 Å². The minimum absolute atomic E-state index is 0.134. The molecule has 0 saturated heterocycles. The summed E-state index contributed by atoms with van der Waals surface area (Å²) in [6.45, 7) is 5.66. The van der Waals surface area contributed by atoms with Crippen LogP contribution in [-0.2, 0) is 11.3 Å². The lowest BCUT2D eigenvalue weighted by molar-refractivity contribution is -0.124. The van der Waals surface area contributed by atoms with E-state index < -0.39 is 0 Å². The van der Waals surface area contributed by atoms with Crippen molar-refractivity contribution in [1.82, 2.24) is 15.1 Å².